The Bertz CT molecular complexity index is 1150. The van der Waals surface area contributed by atoms with Gasteiger partial charge in [-0.05, 0) is 43.7 Å². The predicted molar refractivity (Wildman–Crippen MR) is 130 cm³/mol. The minimum absolute atomic E-state index is 0.0518. The van der Waals surface area contributed by atoms with Crippen LogP contribution in [0.25, 0.3) is 5.69 Å². The Morgan fingerprint density at radius 1 is 0.906 bits per heavy atom. The Morgan fingerprint density at radius 2 is 1.50 bits per heavy atom. The smallest absolute Gasteiger partial charge is 0.240 e. The number of hydrogen-bond donors (Lipinski definition) is 0. The van der Waals surface area contributed by atoms with E-state index in [0.717, 1.165) is 17.2 Å². The van der Waals surface area contributed by atoms with Gasteiger partial charge in [0.1, 0.15) is 5.82 Å². The van der Waals surface area contributed by atoms with E-state index >= 15 is 0 Å². The molecule has 0 aliphatic carbocycles. The number of thioether (sulfide) groups is 1. The van der Waals surface area contributed by atoms with Crippen molar-refractivity contribution in [3.05, 3.63) is 102 Å². The highest BCUT2D eigenvalue weighted by Crippen LogP contribution is 2.28. The molecule has 6 heteroatoms. The van der Waals surface area contributed by atoms with E-state index in [0.29, 0.717) is 18.1 Å². The number of carbonyl (C=O) groups excluding carboxylic acids is 1. The molecule has 0 aliphatic heterocycles. The molecular formula is C26H26N4OS. The van der Waals surface area contributed by atoms with Gasteiger partial charge in [-0.3, -0.25) is 9.36 Å². The fourth-order valence-electron chi connectivity index (χ4n) is 3.61. The van der Waals surface area contributed by atoms with Crippen LogP contribution in [-0.2, 0) is 11.2 Å². The Morgan fingerprint density at radius 3 is 2.12 bits per heavy atom. The van der Waals surface area contributed by atoms with Crippen LogP contribution in [0.15, 0.2) is 96.2 Å². The summed E-state index contributed by atoms with van der Waals surface area (Å²) in [6, 6.07) is 30.1. The zero-order valence-electron chi connectivity index (χ0n) is 18.3. The fraction of sp³-hybridized carbons (Fsp3) is 0.192. The van der Waals surface area contributed by atoms with Gasteiger partial charge in [0.25, 0.3) is 0 Å². The highest BCUT2D eigenvalue weighted by Gasteiger charge is 2.25. The molecule has 1 unspecified atom stereocenters. The molecule has 0 aliphatic rings. The van der Waals surface area contributed by atoms with E-state index in [2.05, 4.69) is 26.9 Å². The SMILES string of the molecule is CCN(C(=O)C(C)Sc1nnc(Cc2ccccc2)n1-c1ccccc1)c1ccccc1. The third-order valence-corrected chi connectivity index (χ3v) is 6.23. The van der Waals surface area contributed by atoms with Gasteiger partial charge < -0.3 is 4.90 Å². The summed E-state index contributed by atoms with van der Waals surface area (Å²) in [5.74, 6) is 0.899. The molecule has 0 radical (unpaired) electrons. The standard InChI is InChI=1S/C26H26N4OS/c1-3-29(22-15-9-5-10-16-22)25(31)20(2)32-26-28-27-24(19-21-13-7-4-8-14-21)30(26)23-17-11-6-12-18-23/h4-18,20H,3,19H2,1-2H3. The molecule has 0 fully saturated rings. The molecule has 162 valence electrons. The van der Waals surface area contributed by atoms with E-state index in [4.69, 9.17) is 0 Å². The van der Waals surface area contributed by atoms with Crippen LogP contribution < -0.4 is 4.90 Å². The van der Waals surface area contributed by atoms with Gasteiger partial charge in [0, 0.05) is 24.3 Å². The highest BCUT2D eigenvalue weighted by atomic mass is 32.2. The maximum Gasteiger partial charge on any atom is 0.240 e. The third-order valence-electron chi connectivity index (χ3n) is 5.20. The number of aromatic nitrogens is 3. The molecule has 1 atom stereocenters. The number of hydrogen-bond acceptors (Lipinski definition) is 4. The number of anilines is 1. The molecule has 32 heavy (non-hydrogen) atoms. The largest absolute Gasteiger partial charge is 0.312 e. The lowest BCUT2D eigenvalue weighted by Crippen LogP contribution is -2.36. The lowest BCUT2D eigenvalue weighted by atomic mass is 10.1. The number of para-hydroxylation sites is 2. The summed E-state index contributed by atoms with van der Waals surface area (Å²) in [5, 5.41) is 9.37. The molecule has 0 saturated heterocycles. The van der Waals surface area contributed by atoms with E-state index in [-0.39, 0.29) is 11.2 Å². The van der Waals surface area contributed by atoms with Crippen molar-refractivity contribution in [3.63, 3.8) is 0 Å². The second kappa shape index (κ2) is 10.3. The van der Waals surface area contributed by atoms with E-state index in [1.54, 1.807) is 0 Å². The van der Waals surface area contributed by atoms with Crippen LogP contribution in [0.2, 0.25) is 0 Å². The second-order valence-electron chi connectivity index (χ2n) is 7.41. The van der Waals surface area contributed by atoms with Crippen LogP contribution in [0.1, 0.15) is 25.2 Å². The summed E-state index contributed by atoms with van der Waals surface area (Å²) >= 11 is 1.44. The number of rotatable bonds is 8. The molecule has 4 rings (SSSR count). The average molecular weight is 443 g/mol. The van der Waals surface area contributed by atoms with E-state index in [1.807, 2.05) is 97.6 Å². The molecular weight excluding hydrogens is 416 g/mol. The number of benzene rings is 3. The van der Waals surface area contributed by atoms with Gasteiger partial charge in [-0.2, -0.15) is 0 Å². The molecule has 0 N–H and O–H groups in total. The fourth-order valence-corrected chi connectivity index (χ4v) is 4.56. The first-order valence-corrected chi connectivity index (χ1v) is 11.6. The molecule has 1 aromatic heterocycles. The van der Waals surface area contributed by atoms with E-state index in [1.165, 1.54) is 17.3 Å². The van der Waals surface area contributed by atoms with Gasteiger partial charge in [0.15, 0.2) is 5.16 Å². The molecule has 4 aromatic rings. The first-order chi connectivity index (χ1) is 15.7. The molecule has 1 heterocycles. The van der Waals surface area contributed by atoms with Crippen LogP contribution in [0.5, 0.6) is 0 Å². The summed E-state index contributed by atoms with van der Waals surface area (Å²) in [6.07, 6.45) is 0.663. The molecule has 0 bridgehead atoms. The van der Waals surface area contributed by atoms with Gasteiger partial charge in [0.2, 0.25) is 5.91 Å². The second-order valence-corrected chi connectivity index (χ2v) is 8.72. The normalized spacial score (nSPS) is 11.8. The van der Waals surface area contributed by atoms with Crippen molar-refractivity contribution >= 4 is 23.4 Å². The minimum atomic E-state index is -0.314. The Labute approximate surface area is 193 Å². The molecule has 5 nitrogen and oxygen atoms in total. The first kappa shape index (κ1) is 21.8. The van der Waals surface area contributed by atoms with Crippen LogP contribution >= 0.6 is 11.8 Å². The van der Waals surface area contributed by atoms with Gasteiger partial charge in [-0.25, -0.2) is 0 Å². The Kier molecular flexibility index (Phi) is 7.02. The van der Waals surface area contributed by atoms with Crippen LogP contribution in [-0.4, -0.2) is 32.5 Å². The van der Waals surface area contributed by atoms with Crippen molar-refractivity contribution in [3.8, 4) is 5.69 Å². The van der Waals surface area contributed by atoms with Crippen molar-refractivity contribution in [2.24, 2.45) is 0 Å². The number of carbonyl (C=O) groups is 1. The highest BCUT2D eigenvalue weighted by molar-refractivity contribution is 8.00. The van der Waals surface area contributed by atoms with E-state index in [9.17, 15) is 4.79 Å². The van der Waals surface area contributed by atoms with Crippen LogP contribution in [0.3, 0.4) is 0 Å². The first-order valence-electron chi connectivity index (χ1n) is 10.7. The molecule has 1 amide bonds. The van der Waals surface area contributed by atoms with Gasteiger partial charge in [-0.1, -0.05) is 78.5 Å². The number of amides is 1. The van der Waals surface area contributed by atoms with E-state index < -0.39 is 0 Å². The summed E-state index contributed by atoms with van der Waals surface area (Å²) in [6.45, 7) is 4.53. The zero-order valence-corrected chi connectivity index (χ0v) is 19.1. The van der Waals surface area contributed by atoms with Crippen molar-refractivity contribution < 1.29 is 4.79 Å². The number of nitrogens with zero attached hydrogens (tertiary/aromatic N) is 4. The summed E-state index contributed by atoms with van der Waals surface area (Å²) in [4.78, 5) is 15.1. The van der Waals surface area contributed by atoms with Crippen molar-refractivity contribution in [2.45, 2.75) is 30.7 Å². The topological polar surface area (TPSA) is 51.0 Å². The monoisotopic (exact) mass is 442 g/mol. The Hall–Kier alpha value is -3.38. The minimum Gasteiger partial charge on any atom is -0.312 e. The van der Waals surface area contributed by atoms with Gasteiger partial charge in [-0.15, -0.1) is 10.2 Å². The molecule has 3 aromatic carbocycles. The molecule has 0 spiro atoms. The van der Waals surface area contributed by atoms with Gasteiger partial charge in [0.05, 0.1) is 5.25 Å². The predicted octanol–water partition coefficient (Wildman–Crippen LogP) is 5.39. The zero-order chi connectivity index (χ0) is 22.3. The summed E-state index contributed by atoms with van der Waals surface area (Å²) < 4.78 is 2.06. The van der Waals surface area contributed by atoms with Crippen LogP contribution in [0.4, 0.5) is 5.69 Å². The summed E-state index contributed by atoms with van der Waals surface area (Å²) in [5.41, 5.74) is 3.06. The molecule has 0 saturated carbocycles. The lowest BCUT2D eigenvalue weighted by molar-refractivity contribution is -0.117. The lowest BCUT2D eigenvalue weighted by Gasteiger charge is -2.24. The average Bonchev–Trinajstić information content (AvgIpc) is 3.23. The van der Waals surface area contributed by atoms with Crippen molar-refractivity contribution in [1.29, 1.82) is 0 Å². The maximum absolute atomic E-state index is 13.3. The maximum atomic E-state index is 13.3. The van der Waals surface area contributed by atoms with Crippen molar-refractivity contribution in [1.82, 2.24) is 14.8 Å². The van der Waals surface area contributed by atoms with Crippen molar-refractivity contribution in [2.75, 3.05) is 11.4 Å². The van der Waals surface area contributed by atoms with Gasteiger partial charge >= 0.3 is 0 Å². The van der Waals surface area contributed by atoms with Crippen LogP contribution in [0, 0.1) is 0 Å². The third kappa shape index (κ3) is 4.92. The quantitative estimate of drug-likeness (QED) is 0.343. The Balaban J connectivity index is 1.62. The summed E-state index contributed by atoms with van der Waals surface area (Å²) in [7, 11) is 0.